The van der Waals surface area contributed by atoms with Gasteiger partial charge in [-0.05, 0) is 49.8 Å². The maximum atomic E-state index is 13.1. The number of benzene rings is 1. The molecule has 2 aliphatic carbocycles. The van der Waals surface area contributed by atoms with E-state index < -0.39 is 11.3 Å². The Morgan fingerprint density at radius 1 is 1.15 bits per heavy atom. The molecule has 4 atom stereocenters. The second kappa shape index (κ2) is 8.04. The van der Waals surface area contributed by atoms with Crippen molar-refractivity contribution in [3.8, 4) is 23.1 Å². The lowest BCUT2D eigenvalue weighted by atomic mass is 9.50. The Hall–Kier alpha value is -3.66. The van der Waals surface area contributed by atoms with Gasteiger partial charge < -0.3 is 4.74 Å². The van der Waals surface area contributed by atoms with E-state index in [-0.39, 0.29) is 17.6 Å². The van der Waals surface area contributed by atoms with E-state index in [2.05, 4.69) is 28.2 Å². The fourth-order valence-electron chi connectivity index (χ4n) is 5.91. The number of carbonyl (C=O) groups is 1. The number of nitriles is 1. The van der Waals surface area contributed by atoms with Crippen LogP contribution in [-0.2, 0) is 16.6 Å². The number of aryl methyl sites for hydroxylation is 1. The van der Waals surface area contributed by atoms with Crippen molar-refractivity contribution in [2.24, 2.45) is 17.8 Å². The summed E-state index contributed by atoms with van der Waals surface area (Å²) in [5.41, 5.74) is 4.16. The average Bonchev–Trinajstić information content (AvgIpc) is 2.86. The van der Waals surface area contributed by atoms with Gasteiger partial charge in [0.05, 0.1) is 24.6 Å². The van der Waals surface area contributed by atoms with Crippen LogP contribution in [0, 0.1) is 36.0 Å². The van der Waals surface area contributed by atoms with Crippen LogP contribution in [0.25, 0.3) is 11.3 Å². The number of aromatic nitrogens is 4. The summed E-state index contributed by atoms with van der Waals surface area (Å²) in [6, 6.07) is 10.3. The van der Waals surface area contributed by atoms with Crippen LogP contribution in [0.1, 0.15) is 42.4 Å². The van der Waals surface area contributed by atoms with E-state index in [1.54, 1.807) is 19.5 Å². The van der Waals surface area contributed by atoms with E-state index in [0.717, 1.165) is 46.7 Å². The van der Waals surface area contributed by atoms with Crippen molar-refractivity contribution < 1.29 is 9.53 Å². The zero-order valence-electron chi connectivity index (χ0n) is 18.9. The van der Waals surface area contributed by atoms with Gasteiger partial charge in [-0.3, -0.25) is 4.79 Å². The first-order valence-electron chi connectivity index (χ1n) is 11.2. The minimum atomic E-state index is -0.678. The summed E-state index contributed by atoms with van der Waals surface area (Å²) < 4.78 is 5.39. The molecule has 0 N–H and O–H groups in total. The Bertz CT molecular complexity index is 1250. The molecule has 1 fully saturated rings. The Balaban J connectivity index is 1.81. The second-order valence-corrected chi connectivity index (χ2v) is 9.00. The highest BCUT2D eigenvalue weighted by molar-refractivity contribution is 5.87. The third kappa shape index (κ3) is 3.20. The lowest BCUT2D eigenvalue weighted by molar-refractivity contribution is -0.131. The molecule has 0 spiro atoms. The highest BCUT2D eigenvalue weighted by Crippen LogP contribution is 2.56. The SMILES string of the molecule is COc1ccc([C@]23CC(C#N)C(=O)[C@@H](C)[C@@H]2CCc2c(-c4cncnc4)nc(C)nc23)cc1. The van der Waals surface area contributed by atoms with Gasteiger partial charge in [-0.25, -0.2) is 19.9 Å². The Kier molecular flexibility index (Phi) is 5.16. The molecule has 2 aromatic heterocycles. The Morgan fingerprint density at radius 2 is 1.88 bits per heavy atom. The molecule has 0 bridgehead atoms. The van der Waals surface area contributed by atoms with Crippen LogP contribution in [0.3, 0.4) is 0 Å². The lowest BCUT2D eigenvalue weighted by Gasteiger charge is -2.51. The molecule has 1 saturated carbocycles. The van der Waals surface area contributed by atoms with Gasteiger partial charge in [-0.1, -0.05) is 19.1 Å². The molecular formula is C26H25N5O2. The van der Waals surface area contributed by atoms with Crippen molar-refractivity contribution in [1.82, 2.24) is 19.9 Å². The third-order valence-electron chi connectivity index (χ3n) is 7.40. The van der Waals surface area contributed by atoms with Gasteiger partial charge in [-0.2, -0.15) is 5.26 Å². The molecule has 5 rings (SSSR count). The molecule has 166 valence electrons. The van der Waals surface area contributed by atoms with Crippen molar-refractivity contribution in [3.05, 3.63) is 65.6 Å². The number of methoxy groups -OCH3 is 1. The maximum Gasteiger partial charge on any atom is 0.153 e. The average molecular weight is 440 g/mol. The smallest absolute Gasteiger partial charge is 0.153 e. The van der Waals surface area contributed by atoms with Crippen molar-refractivity contribution in [2.45, 2.75) is 38.5 Å². The quantitative estimate of drug-likeness (QED) is 0.611. The molecule has 33 heavy (non-hydrogen) atoms. The van der Waals surface area contributed by atoms with Crippen molar-refractivity contribution >= 4 is 5.78 Å². The normalized spacial score (nSPS) is 26.1. The molecule has 7 heteroatoms. The highest BCUT2D eigenvalue weighted by atomic mass is 16.5. The number of fused-ring (bicyclic) bond motifs is 3. The van der Waals surface area contributed by atoms with Gasteiger partial charge in [0.25, 0.3) is 0 Å². The molecule has 0 saturated heterocycles. The number of rotatable bonds is 3. The summed E-state index contributed by atoms with van der Waals surface area (Å²) in [4.78, 5) is 31.2. The van der Waals surface area contributed by atoms with E-state index in [4.69, 9.17) is 14.7 Å². The molecule has 3 aromatic rings. The molecule has 2 heterocycles. The van der Waals surface area contributed by atoms with Gasteiger partial charge in [0.1, 0.15) is 23.8 Å². The fraction of sp³-hybridized carbons (Fsp3) is 0.385. The molecule has 0 amide bonds. The number of ether oxygens (including phenoxy) is 1. The van der Waals surface area contributed by atoms with Crippen molar-refractivity contribution in [1.29, 1.82) is 5.26 Å². The largest absolute Gasteiger partial charge is 0.497 e. The summed E-state index contributed by atoms with van der Waals surface area (Å²) in [6.07, 6.45) is 7.04. The zero-order chi connectivity index (χ0) is 23.2. The van der Waals surface area contributed by atoms with Crippen LogP contribution < -0.4 is 4.74 Å². The van der Waals surface area contributed by atoms with E-state index in [1.807, 2.05) is 26.0 Å². The van der Waals surface area contributed by atoms with Crippen LogP contribution >= 0.6 is 0 Å². The van der Waals surface area contributed by atoms with Gasteiger partial charge >= 0.3 is 0 Å². The number of Topliss-reactive ketones (excluding diaryl/α,β-unsaturated/α-hetero) is 1. The summed E-state index contributed by atoms with van der Waals surface area (Å²) in [6.45, 7) is 3.86. The highest BCUT2D eigenvalue weighted by Gasteiger charge is 2.56. The van der Waals surface area contributed by atoms with Gasteiger partial charge in [0.2, 0.25) is 0 Å². The number of nitrogens with zero attached hydrogens (tertiary/aromatic N) is 5. The summed E-state index contributed by atoms with van der Waals surface area (Å²) in [5.74, 6) is 0.586. The summed E-state index contributed by atoms with van der Waals surface area (Å²) in [5, 5.41) is 9.91. The second-order valence-electron chi connectivity index (χ2n) is 9.00. The van der Waals surface area contributed by atoms with Gasteiger partial charge in [0, 0.05) is 34.9 Å². The number of hydrogen-bond acceptors (Lipinski definition) is 7. The molecule has 1 unspecified atom stereocenters. The minimum absolute atomic E-state index is 0.0394. The minimum Gasteiger partial charge on any atom is -0.497 e. The van der Waals surface area contributed by atoms with Gasteiger partial charge in [0.15, 0.2) is 5.78 Å². The standard InChI is InChI=1S/C26H25N5O2/c1-15-22-9-8-21-23(18-12-28-14-29-13-18)30-16(2)31-25(21)26(22,10-17(11-27)24(15)32)19-4-6-20(33-3)7-5-19/h4-7,12-15,17,22H,8-10H2,1-3H3/t15-,17?,22-,26+/m0/s1. The first-order valence-corrected chi connectivity index (χ1v) is 11.2. The predicted octanol–water partition coefficient (Wildman–Crippen LogP) is 3.85. The molecule has 2 aliphatic rings. The first kappa shape index (κ1) is 21.2. The Morgan fingerprint density at radius 3 is 2.55 bits per heavy atom. The molecule has 7 nitrogen and oxygen atoms in total. The number of hydrogen-bond donors (Lipinski definition) is 0. The predicted molar refractivity (Wildman–Crippen MR) is 121 cm³/mol. The van der Waals surface area contributed by atoms with Crippen molar-refractivity contribution in [3.63, 3.8) is 0 Å². The van der Waals surface area contributed by atoms with Crippen molar-refractivity contribution in [2.75, 3.05) is 7.11 Å². The van der Waals surface area contributed by atoms with Crippen LogP contribution in [0.4, 0.5) is 0 Å². The fourth-order valence-corrected chi connectivity index (χ4v) is 5.91. The van der Waals surface area contributed by atoms with Gasteiger partial charge in [-0.15, -0.1) is 0 Å². The van der Waals surface area contributed by atoms with E-state index >= 15 is 0 Å². The molecular weight excluding hydrogens is 414 g/mol. The third-order valence-corrected chi connectivity index (χ3v) is 7.40. The number of carbonyl (C=O) groups excluding carboxylic acids is 1. The van der Waals surface area contributed by atoms with E-state index in [0.29, 0.717) is 12.2 Å². The first-order chi connectivity index (χ1) is 16.0. The molecule has 0 radical (unpaired) electrons. The van der Waals surface area contributed by atoms with Crippen LogP contribution in [0.5, 0.6) is 5.75 Å². The molecule has 1 aromatic carbocycles. The van der Waals surface area contributed by atoms with Crippen LogP contribution in [-0.4, -0.2) is 32.8 Å². The zero-order valence-corrected chi connectivity index (χ0v) is 18.9. The Labute approximate surface area is 192 Å². The lowest BCUT2D eigenvalue weighted by Crippen LogP contribution is -2.53. The maximum absolute atomic E-state index is 13.1. The van der Waals surface area contributed by atoms with E-state index in [1.165, 1.54) is 6.33 Å². The number of ketones is 1. The molecule has 0 aliphatic heterocycles. The topological polar surface area (TPSA) is 102 Å². The van der Waals surface area contributed by atoms with Crippen LogP contribution in [0.15, 0.2) is 43.0 Å². The van der Waals surface area contributed by atoms with E-state index in [9.17, 15) is 10.1 Å². The summed E-state index contributed by atoms with van der Waals surface area (Å²) >= 11 is 0. The monoisotopic (exact) mass is 439 g/mol. The summed E-state index contributed by atoms with van der Waals surface area (Å²) in [7, 11) is 1.64. The van der Waals surface area contributed by atoms with Crippen LogP contribution in [0.2, 0.25) is 0 Å².